The molecule has 6 heteroatoms. The van der Waals surface area contributed by atoms with Crippen LogP contribution in [-0.4, -0.2) is 26.7 Å². The molecule has 1 fully saturated rings. The summed E-state index contributed by atoms with van der Waals surface area (Å²) in [4.78, 5) is 22.9. The van der Waals surface area contributed by atoms with E-state index in [9.17, 15) is 14.7 Å². The average molecular weight is 271 g/mol. The molecular weight excluding hydrogens is 258 g/mol. The van der Waals surface area contributed by atoms with E-state index in [1.54, 1.807) is 35.1 Å². The summed E-state index contributed by atoms with van der Waals surface area (Å²) in [7, 11) is 0. The number of phenols is 1. The maximum Gasteiger partial charge on any atom is 0.251 e. The van der Waals surface area contributed by atoms with Crippen LogP contribution in [0.15, 0.2) is 36.5 Å². The second kappa shape index (κ2) is 4.80. The lowest BCUT2D eigenvalue weighted by Gasteiger charge is -2.20. The lowest BCUT2D eigenvalue weighted by atomic mass is 10.1. The van der Waals surface area contributed by atoms with Crippen molar-refractivity contribution in [2.75, 3.05) is 0 Å². The molecule has 1 atom stereocenters. The number of aromatic hydroxyl groups is 1. The molecule has 0 saturated carbocycles. The van der Waals surface area contributed by atoms with Crippen molar-refractivity contribution in [3.63, 3.8) is 0 Å². The highest BCUT2D eigenvalue weighted by molar-refractivity contribution is 5.99. The minimum absolute atomic E-state index is 0.165. The van der Waals surface area contributed by atoms with Gasteiger partial charge in [-0.15, -0.1) is 0 Å². The Labute approximate surface area is 115 Å². The summed E-state index contributed by atoms with van der Waals surface area (Å²) in [6.07, 6.45) is 2.48. The second-order valence-electron chi connectivity index (χ2n) is 4.70. The van der Waals surface area contributed by atoms with E-state index in [-0.39, 0.29) is 17.6 Å². The van der Waals surface area contributed by atoms with Gasteiger partial charge in [0.15, 0.2) is 0 Å². The van der Waals surface area contributed by atoms with Crippen LogP contribution in [0.3, 0.4) is 0 Å². The van der Waals surface area contributed by atoms with Gasteiger partial charge >= 0.3 is 0 Å². The molecule has 102 valence electrons. The molecule has 1 aliphatic heterocycles. The highest BCUT2D eigenvalue weighted by atomic mass is 16.3. The van der Waals surface area contributed by atoms with E-state index in [2.05, 4.69) is 10.4 Å². The number of phenolic OH excluding ortho intramolecular Hbond substituents is 1. The fourth-order valence-corrected chi connectivity index (χ4v) is 2.27. The molecule has 2 heterocycles. The molecule has 2 N–H and O–H groups in total. The molecule has 0 bridgehead atoms. The zero-order valence-electron chi connectivity index (χ0n) is 10.6. The predicted molar refractivity (Wildman–Crippen MR) is 70.7 cm³/mol. The Morgan fingerprint density at radius 1 is 1.30 bits per heavy atom. The number of rotatable bonds is 2. The summed E-state index contributed by atoms with van der Waals surface area (Å²) >= 11 is 0. The van der Waals surface area contributed by atoms with Gasteiger partial charge in [0, 0.05) is 18.2 Å². The van der Waals surface area contributed by atoms with E-state index in [4.69, 9.17) is 0 Å². The number of aromatic nitrogens is 2. The Morgan fingerprint density at radius 2 is 2.15 bits per heavy atom. The van der Waals surface area contributed by atoms with Gasteiger partial charge in [0.25, 0.3) is 5.91 Å². The van der Waals surface area contributed by atoms with Crippen LogP contribution in [0.1, 0.15) is 18.9 Å². The van der Waals surface area contributed by atoms with Crippen molar-refractivity contribution in [1.82, 2.24) is 15.1 Å². The van der Waals surface area contributed by atoms with E-state index in [0.29, 0.717) is 18.5 Å². The zero-order chi connectivity index (χ0) is 14.1. The Morgan fingerprint density at radius 3 is 2.90 bits per heavy atom. The third-order valence-electron chi connectivity index (χ3n) is 3.28. The van der Waals surface area contributed by atoms with Crippen LogP contribution in [0.2, 0.25) is 0 Å². The predicted octanol–water partition coefficient (Wildman–Crippen LogP) is 1.23. The summed E-state index contributed by atoms with van der Waals surface area (Å²) < 4.78 is 1.56. The maximum absolute atomic E-state index is 11.8. The first kappa shape index (κ1) is 12.4. The smallest absolute Gasteiger partial charge is 0.251 e. The summed E-state index contributed by atoms with van der Waals surface area (Å²) in [6, 6.07) is 8.07. The van der Waals surface area contributed by atoms with Gasteiger partial charge in [-0.05, 0) is 24.6 Å². The molecule has 1 aliphatic rings. The van der Waals surface area contributed by atoms with Gasteiger partial charge in [-0.2, -0.15) is 5.10 Å². The number of piperidine rings is 1. The van der Waals surface area contributed by atoms with Crippen LogP contribution in [0.4, 0.5) is 0 Å². The van der Waals surface area contributed by atoms with Crippen molar-refractivity contribution in [1.29, 1.82) is 0 Å². The fourth-order valence-electron chi connectivity index (χ4n) is 2.27. The van der Waals surface area contributed by atoms with Crippen LogP contribution in [0.25, 0.3) is 11.3 Å². The van der Waals surface area contributed by atoms with Crippen molar-refractivity contribution in [2.24, 2.45) is 0 Å². The summed E-state index contributed by atoms with van der Waals surface area (Å²) in [6.45, 7) is 0. The van der Waals surface area contributed by atoms with Gasteiger partial charge in [0.2, 0.25) is 5.91 Å². The SMILES string of the molecule is O=C1CCC(n2ccc(-c3cccc(O)c3)n2)C(=O)N1. The van der Waals surface area contributed by atoms with Crippen molar-refractivity contribution in [2.45, 2.75) is 18.9 Å². The van der Waals surface area contributed by atoms with Crippen molar-refractivity contribution in [3.05, 3.63) is 36.5 Å². The minimum Gasteiger partial charge on any atom is -0.508 e. The molecule has 2 aromatic rings. The number of nitrogens with one attached hydrogen (secondary N) is 1. The van der Waals surface area contributed by atoms with Gasteiger partial charge in [-0.3, -0.25) is 19.6 Å². The molecule has 0 spiro atoms. The Balaban J connectivity index is 1.87. The van der Waals surface area contributed by atoms with Gasteiger partial charge in [-0.25, -0.2) is 0 Å². The number of hydrogen-bond acceptors (Lipinski definition) is 4. The number of carbonyl (C=O) groups is 2. The molecule has 20 heavy (non-hydrogen) atoms. The summed E-state index contributed by atoms with van der Waals surface area (Å²) in [5.74, 6) is -0.406. The second-order valence-corrected chi connectivity index (χ2v) is 4.70. The first-order valence-corrected chi connectivity index (χ1v) is 6.32. The third kappa shape index (κ3) is 2.27. The topological polar surface area (TPSA) is 84.2 Å². The normalized spacial score (nSPS) is 18.9. The summed E-state index contributed by atoms with van der Waals surface area (Å²) in [5.41, 5.74) is 1.45. The summed E-state index contributed by atoms with van der Waals surface area (Å²) in [5, 5.41) is 16.1. The number of hydrogen-bond donors (Lipinski definition) is 2. The van der Waals surface area contributed by atoms with Gasteiger partial charge in [0.05, 0.1) is 5.69 Å². The Kier molecular flexibility index (Phi) is 2.98. The molecular formula is C14H13N3O3. The third-order valence-corrected chi connectivity index (χ3v) is 3.28. The molecule has 1 aromatic heterocycles. The van der Waals surface area contributed by atoms with Gasteiger partial charge < -0.3 is 5.11 Å². The van der Waals surface area contributed by atoms with Crippen molar-refractivity contribution < 1.29 is 14.7 Å². The van der Waals surface area contributed by atoms with Gasteiger partial charge in [-0.1, -0.05) is 12.1 Å². The van der Waals surface area contributed by atoms with Crippen LogP contribution in [0, 0.1) is 0 Å². The van der Waals surface area contributed by atoms with Crippen molar-refractivity contribution >= 4 is 11.8 Å². The van der Waals surface area contributed by atoms with Crippen LogP contribution >= 0.6 is 0 Å². The highest BCUT2D eigenvalue weighted by Gasteiger charge is 2.28. The Bertz CT molecular complexity index is 678. The fraction of sp³-hybridized carbons (Fsp3) is 0.214. The molecule has 1 aromatic carbocycles. The quantitative estimate of drug-likeness (QED) is 0.805. The van der Waals surface area contributed by atoms with E-state index >= 15 is 0 Å². The molecule has 0 aliphatic carbocycles. The minimum atomic E-state index is -0.459. The molecule has 1 unspecified atom stereocenters. The Hall–Kier alpha value is -2.63. The van der Waals surface area contributed by atoms with Crippen LogP contribution < -0.4 is 5.32 Å². The number of amides is 2. The number of carbonyl (C=O) groups excluding carboxylic acids is 2. The van der Waals surface area contributed by atoms with E-state index < -0.39 is 6.04 Å². The largest absolute Gasteiger partial charge is 0.508 e. The molecule has 2 amide bonds. The molecule has 6 nitrogen and oxygen atoms in total. The molecule has 3 rings (SSSR count). The van der Waals surface area contributed by atoms with Crippen LogP contribution in [-0.2, 0) is 9.59 Å². The van der Waals surface area contributed by atoms with E-state index in [1.165, 1.54) is 0 Å². The number of nitrogens with zero attached hydrogens (tertiary/aromatic N) is 2. The van der Waals surface area contributed by atoms with Crippen LogP contribution in [0.5, 0.6) is 5.75 Å². The van der Waals surface area contributed by atoms with Crippen molar-refractivity contribution in [3.8, 4) is 17.0 Å². The molecule has 1 saturated heterocycles. The first-order chi connectivity index (χ1) is 9.63. The van der Waals surface area contributed by atoms with Gasteiger partial charge in [0.1, 0.15) is 11.8 Å². The lowest BCUT2D eigenvalue weighted by Crippen LogP contribution is -2.41. The first-order valence-electron chi connectivity index (χ1n) is 6.32. The monoisotopic (exact) mass is 271 g/mol. The number of benzene rings is 1. The lowest BCUT2D eigenvalue weighted by molar-refractivity contribution is -0.135. The van der Waals surface area contributed by atoms with E-state index in [1.807, 2.05) is 6.07 Å². The van der Waals surface area contributed by atoms with E-state index in [0.717, 1.165) is 5.56 Å². The average Bonchev–Trinajstić information content (AvgIpc) is 2.88. The maximum atomic E-state index is 11.8. The number of imide groups is 1. The molecule has 0 radical (unpaired) electrons. The standard InChI is InChI=1S/C14H13N3O3/c18-10-3-1-2-9(8-10)11-6-7-17(16-11)12-4-5-13(19)15-14(12)20/h1-3,6-8,12,18H,4-5H2,(H,15,19,20). The zero-order valence-corrected chi connectivity index (χ0v) is 10.6. The highest BCUT2D eigenvalue weighted by Crippen LogP contribution is 2.24.